The van der Waals surface area contributed by atoms with Crippen molar-refractivity contribution in [3.05, 3.63) is 30.5 Å². The standard InChI is InChI=1S/C12H14N2OS/c1-9(6-7-15)16-12-11-5-3-2-4-10(11)8-13-14-12/h2-5,8-9,15H,6-7H2,1H3. The van der Waals surface area contributed by atoms with Crippen LogP contribution in [-0.2, 0) is 0 Å². The number of benzene rings is 1. The van der Waals surface area contributed by atoms with E-state index in [1.165, 1.54) is 0 Å². The number of thioether (sulfide) groups is 1. The molecule has 1 unspecified atom stereocenters. The molecule has 1 N–H and O–H groups in total. The normalized spacial score (nSPS) is 12.9. The maximum atomic E-state index is 8.88. The Morgan fingerprint density at radius 3 is 3.00 bits per heavy atom. The highest BCUT2D eigenvalue weighted by Gasteiger charge is 2.08. The van der Waals surface area contributed by atoms with E-state index < -0.39 is 0 Å². The predicted octanol–water partition coefficient (Wildman–Crippen LogP) is 2.49. The van der Waals surface area contributed by atoms with E-state index in [2.05, 4.69) is 23.2 Å². The quantitative estimate of drug-likeness (QED) is 0.826. The van der Waals surface area contributed by atoms with Crippen LogP contribution in [-0.4, -0.2) is 27.2 Å². The Morgan fingerprint density at radius 2 is 2.19 bits per heavy atom. The third-order valence-electron chi connectivity index (χ3n) is 2.39. The second-order valence-corrected chi connectivity index (χ2v) is 5.10. The third-order valence-corrected chi connectivity index (χ3v) is 3.55. The van der Waals surface area contributed by atoms with Crippen molar-refractivity contribution in [2.45, 2.75) is 23.6 Å². The molecule has 0 fully saturated rings. The zero-order chi connectivity index (χ0) is 11.4. The molecule has 84 valence electrons. The first-order valence-electron chi connectivity index (χ1n) is 5.29. The molecule has 1 heterocycles. The summed E-state index contributed by atoms with van der Waals surface area (Å²) < 4.78 is 0. The minimum absolute atomic E-state index is 0.215. The molecule has 2 rings (SSSR count). The van der Waals surface area contributed by atoms with E-state index in [0.717, 1.165) is 22.2 Å². The Bertz CT molecular complexity index is 470. The number of aromatic nitrogens is 2. The number of aliphatic hydroxyl groups excluding tert-OH is 1. The molecule has 2 aromatic rings. The smallest absolute Gasteiger partial charge is 0.127 e. The van der Waals surface area contributed by atoms with Gasteiger partial charge in [-0.15, -0.1) is 16.9 Å². The Kier molecular flexibility index (Phi) is 3.74. The molecule has 0 aliphatic rings. The van der Waals surface area contributed by atoms with Gasteiger partial charge in [-0.1, -0.05) is 31.2 Å². The lowest BCUT2D eigenvalue weighted by Gasteiger charge is -2.09. The second-order valence-electron chi connectivity index (χ2n) is 3.68. The Hall–Kier alpha value is -1.13. The number of fused-ring (bicyclic) bond motifs is 1. The number of hydrogen-bond acceptors (Lipinski definition) is 4. The summed E-state index contributed by atoms with van der Waals surface area (Å²) in [7, 11) is 0. The van der Waals surface area contributed by atoms with Crippen molar-refractivity contribution in [3.8, 4) is 0 Å². The van der Waals surface area contributed by atoms with Crippen molar-refractivity contribution in [1.82, 2.24) is 10.2 Å². The molecule has 0 aliphatic heterocycles. The van der Waals surface area contributed by atoms with Gasteiger partial charge in [-0.3, -0.25) is 0 Å². The minimum Gasteiger partial charge on any atom is -0.396 e. The Balaban J connectivity index is 2.30. The van der Waals surface area contributed by atoms with Gasteiger partial charge in [-0.05, 0) is 6.42 Å². The van der Waals surface area contributed by atoms with Gasteiger partial charge in [0.25, 0.3) is 0 Å². The van der Waals surface area contributed by atoms with Crippen LogP contribution in [0.3, 0.4) is 0 Å². The van der Waals surface area contributed by atoms with Crippen LogP contribution in [0.5, 0.6) is 0 Å². The first-order valence-corrected chi connectivity index (χ1v) is 6.17. The van der Waals surface area contributed by atoms with Crippen molar-refractivity contribution < 1.29 is 5.11 Å². The summed E-state index contributed by atoms with van der Waals surface area (Å²) in [4.78, 5) is 0. The van der Waals surface area contributed by atoms with E-state index in [1.54, 1.807) is 18.0 Å². The first-order chi connectivity index (χ1) is 7.81. The maximum Gasteiger partial charge on any atom is 0.127 e. The van der Waals surface area contributed by atoms with Gasteiger partial charge in [-0.2, -0.15) is 5.10 Å². The maximum absolute atomic E-state index is 8.88. The summed E-state index contributed by atoms with van der Waals surface area (Å²) in [6.07, 6.45) is 2.55. The zero-order valence-corrected chi connectivity index (χ0v) is 9.94. The topological polar surface area (TPSA) is 46.0 Å². The average molecular weight is 234 g/mol. The largest absolute Gasteiger partial charge is 0.396 e. The van der Waals surface area contributed by atoms with Gasteiger partial charge in [0.05, 0.1) is 6.20 Å². The first kappa shape index (κ1) is 11.4. The van der Waals surface area contributed by atoms with Crippen molar-refractivity contribution in [2.24, 2.45) is 0 Å². The summed E-state index contributed by atoms with van der Waals surface area (Å²) in [6.45, 7) is 2.30. The van der Waals surface area contributed by atoms with Crippen LogP contribution >= 0.6 is 11.8 Å². The lowest BCUT2D eigenvalue weighted by molar-refractivity contribution is 0.289. The van der Waals surface area contributed by atoms with Crippen LogP contribution in [0.1, 0.15) is 13.3 Å². The molecule has 0 saturated heterocycles. The van der Waals surface area contributed by atoms with Crippen LogP contribution in [0.15, 0.2) is 35.5 Å². The predicted molar refractivity (Wildman–Crippen MR) is 66.6 cm³/mol. The number of rotatable bonds is 4. The molecule has 3 nitrogen and oxygen atoms in total. The monoisotopic (exact) mass is 234 g/mol. The molecule has 0 amide bonds. The molecule has 0 bridgehead atoms. The fourth-order valence-electron chi connectivity index (χ4n) is 1.52. The number of nitrogens with zero attached hydrogens (tertiary/aromatic N) is 2. The van der Waals surface area contributed by atoms with E-state index in [4.69, 9.17) is 5.11 Å². The van der Waals surface area contributed by atoms with Crippen LogP contribution in [0, 0.1) is 0 Å². The Morgan fingerprint density at radius 1 is 1.38 bits per heavy atom. The number of aliphatic hydroxyl groups is 1. The summed E-state index contributed by atoms with van der Waals surface area (Å²) in [5.41, 5.74) is 0. The van der Waals surface area contributed by atoms with Gasteiger partial charge in [0.15, 0.2) is 0 Å². The molecule has 1 aromatic heterocycles. The highest BCUT2D eigenvalue weighted by Crippen LogP contribution is 2.28. The van der Waals surface area contributed by atoms with E-state index in [9.17, 15) is 0 Å². The highest BCUT2D eigenvalue weighted by atomic mass is 32.2. The molecule has 0 aliphatic carbocycles. The SMILES string of the molecule is CC(CCO)Sc1nncc2ccccc12. The fourth-order valence-corrected chi connectivity index (χ4v) is 2.53. The minimum atomic E-state index is 0.215. The van der Waals surface area contributed by atoms with Crippen LogP contribution in [0.25, 0.3) is 10.8 Å². The van der Waals surface area contributed by atoms with E-state index >= 15 is 0 Å². The summed E-state index contributed by atoms with van der Waals surface area (Å²) >= 11 is 1.66. The average Bonchev–Trinajstić information content (AvgIpc) is 2.30. The van der Waals surface area contributed by atoms with E-state index in [-0.39, 0.29) is 6.61 Å². The van der Waals surface area contributed by atoms with Gasteiger partial charge < -0.3 is 5.11 Å². The molecule has 0 saturated carbocycles. The third kappa shape index (κ3) is 2.51. The lowest BCUT2D eigenvalue weighted by atomic mass is 10.2. The molecule has 0 spiro atoms. The van der Waals surface area contributed by atoms with Gasteiger partial charge in [-0.25, -0.2) is 0 Å². The van der Waals surface area contributed by atoms with Gasteiger partial charge in [0.2, 0.25) is 0 Å². The molecule has 0 radical (unpaired) electrons. The molecular formula is C12H14N2OS. The van der Waals surface area contributed by atoms with Crippen molar-refractivity contribution in [3.63, 3.8) is 0 Å². The van der Waals surface area contributed by atoms with Gasteiger partial charge in [0, 0.05) is 22.6 Å². The van der Waals surface area contributed by atoms with E-state index in [0.29, 0.717) is 5.25 Å². The van der Waals surface area contributed by atoms with Crippen molar-refractivity contribution in [1.29, 1.82) is 0 Å². The zero-order valence-electron chi connectivity index (χ0n) is 9.13. The molecular weight excluding hydrogens is 220 g/mol. The van der Waals surface area contributed by atoms with Crippen molar-refractivity contribution >= 4 is 22.5 Å². The summed E-state index contributed by atoms with van der Waals surface area (Å²) in [5.74, 6) is 0. The second kappa shape index (κ2) is 5.27. The lowest BCUT2D eigenvalue weighted by Crippen LogP contribution is -2.00. The molecule has 1 aromatic carbocycles. The van der Waals surface area contributed by atoms with Gasteiger partial charge in [0.1, 0.15) is 5.03 Å². The Labute approximate surface area is 98.9 Å². The summed E-state index contributed by atoms with van der Waals surface area (Å²) in [5, 5.41) is 20.6. The van der Waals surface area contributed by atoms with Gasteiger partial charge >= 0.3 is 0 Å². The highest BCUT2D eigenvalue weighted by molar-refractivity contribution is 8.00. The van der Waals surface area contributed by atoms with E-state index in [1.807, 2.05) is 18.2 Å². The number of hydrogen-bond donors (Lipinski definition) is 1. The van der Waals surface area contributed by atoms with Crippen LogP contribution < -0.4 is 0 Å². The van der Waals surface area contributed by atoms with Crippen molar-refractivity contribution in [2.75, 3.05) is 6.61 Å². The summed E-state index contributed by atoms with van der Waals surface area (Å²) in [6, 6.07) is 8.09. The molecule has 4 heteroatoms. The molecule has 1 atom stereocenters. The van der Waals surface area contributed by atoms with Crippen LogP contribution in [0.2, 0.25) is 0 Å². The van der Waals surface area contributed by atoms with Crippen LogP contribution in [0.4, 0.5) is 0 Å². The molecule has 16 heavy (non-hydrogen) atoms. The fraction of sp³-hybridized carbons (Fsp3) is 0.333.